The third-order valence-corrected chi connectivity index (χ3v) is 3.55. The fourth-order valence-electron chi connectivity index (χ4n) is 1.74. The maximum absolute atomic E-state index is 5.86. The molecule has 1 aromatic rings. The van der Waals surface area contributed by atoms with Gasteiger partial charge in [-0.1, -0.05) is 6.92 Å². The molecule has 2 N–H and O–H groups in total. The summed E-state index contributed by atoms with van der Waals surface area (Å²) >= 11 is 3.44. The van der Waals surface area contributed by atoms with E-state index >= 15 is 0 Å². The van der Waals surface area contributed by atoms with Crippen LogP contribution >= 0.6 is 15.9 Å². The molecule has 90 valence electrons. The molecule has 0 aliphatic carbocycles. The second-order valence-electron chi connectivity index (χ2n) is 4.11. The van der Waals surface area contributed by atoms with E-state index < -0.39 is 0 Å². The van der Waals surface area contributed by atoms with Crippen LogP contribution in [0.3, 0.4) is 0 Å². The summed E-state index contributed by atoms with van der Waals surface area (Å²) < 4.78 is 1.00. The number of hydrogen-bond donors (Lipinski definition) is 1. The first kappa shape index (κ1) is 13.6. The van der Waals surface area contributed by atoms with Gasteiger partial charge in [-0.2, -0.15) is 0 Å². The Bertz CT molecular complexity index is 330. The summed E-state index contributed by atoms with van der Waals surface area (Å²) in [6, 6.07) is 2.84. The molecule has 2 unspecified atom stereocenters. The van der Waals surface area contributed by atoms with E-state index in [4.69, 9.17) is 5.73 Å². The number of hydrogen-bond acceptors (Lipinski definition) is 3. The molecule has 1 heterocycles. The Kier molecular flexibility index (Phi) is 5.38. The molecule has 0 aliphatic rings. The summed E-state index contributed by atoms with van der Waals surface area (Å²) in [7, 11) is 2.12. The molecule has 1 aromatic heterocycles. The topological polar surface area (TPSA) is 42.1 Å². The molecule has 0 aliphatic heterocycles. The highest BCUT2D eigenvalue weighted by molar-refractivity contribution is 9.10. The Balaban J connectivity index is 2.89. The van der Waals surface area contributed by atoms with Crippen molar-refractivity contribution in [1.29, 1.82) is 0 Å². The Hall–Kier alpha value is -0.450. The molecule has 4 heteroatoms. The molecule has 2 atom stereocenters. The second kappa shape index (κ2) is 6.33. The maximum atomic E-state index is 5.86. The molecule has 0 spiro atoms. The highest BCUT2D eigenvalue weighted by Crippen LogP contribution is 2.23. The van der Waals surface area contributed by atoms with E-state index in [0.29, 0.717) is 12.6 Å². The fraction of sp³-hybridized carbons (Fsp3) is 0.583. The molecule has 16 heavy (non-hydrogen) atoms. The van der Waals surface area contributed by atoms with Gasteiger partial charge in [-0.25, -0.2) is 0 Å². The van der Waals surface area contributed by atoms with E-state index in [-0.39, 0.29) is 6.04 Å². The third-order valence-electron chi connectivity index (χ3n) is 3.11. The van der Waals surface area contributed by atoms with E-state index in [1.807, 2.05) is 6.20 Å². The van der Waals surface area contributed by atoms with Crippen LogP contribution in [-0.4, -0.2) is 29.5 Å². The van der Waals surface area contributed by atoms with Crippen LogP contribution < -0.4 is 5.73 Å². The largest absolute Gasteiger partial charge is 0.329 e. The molecule has 3 nitrogen and oxygen atoms in total. The minimum absolute atomic E-state index is 0.236. The SMILES string of the molecule is CCC(C)N(C)C(CN)c1cncc(Br)c1. The van der Waals surface area contributed by atoms with Crippen molar-refractivity contribution >= 4 is 15.9 Å². The standard InChI is InChI=1S/C12H20BrN3/c1-4-9(2)16(3)12(6-14)10-5-11(13)8-15-7-10/h5,7-9,12H,4,6,14H2,1-3H3. The lowest BCUT2D eigenvalue weighted by Gasteiger charge is -2.32. The van der Waals surface area contributed by atoms with Crippen LogP contribution in [-0.2, 0) is 0 Å². The van der Waals surface area contributed by atoms with Gasteiger partial charge in [-0.15, -0.1) is 0 Å². The minimum Gasteiger partial charge on any atom is -0.329 e. The lowest BCUT2D eigenvalue weighted by atomic mass is 10.1. The summed E-state index contributed by atoms with van der Waals surface area (Å²) in [4.78, 5) is 6.50. The van der Waals surface area contributed by atoms with Gasteiger partial charge < -0.3 is 5.73 Å². The second-order valence-corrected chi connectivity index (χ2v) is 5.03. The number of aromatic nitrogens is 1. The smallest absolute Gasteiger partial charge is 0.0485 e. The fourth-order valence-corrected chi connectivity index (χ4v) is 2.13. The van der Waals surface area contributed by atoms with Crippen molar-refractivity contribution < 1.29 is 0 Å². The van der Waals surface area contributed by atoms with E-state index in [1.165, 1.54) is 5.56 Å². The van der Waals surface area contributed by atoms with Gasteiger partial charge >= 0.3 is 0 Å². The predicted octanol–water partition coefficient (Wildman–Crippen LogP) is 2.57. The quantitative estimate of drug-likeness (QED) is 0.904. The van der Waals surface area contributed by atoms with Gasteiger partial charge in [0, 0.05) is 35.5 Å². The Labute approximate surface area is 106 Å². The first-order valence-electron chi connectivity index (χ1n) is 5.62. The Morgan fingerprint density at radius 1 is 1.50 bits per heavy atom. The minimum atomic E-state index is 0.236. The van der Waals surface area contributed by atoms with Crippen LogP contribution in [0.4, 0.5) is 0 Å². The average Bonchev–Trinajstić information content (AvgIpc) is 2.29. The molecular weight excluding hydrogens is 266 g/mol. The number of nitrogens with zero attached hydrogens (tertiary/aromatic N) is 2. The lowest BCUT2D eigenvalue weighted by Crippen LogP contribution is -2.36. The van der Waals surface area contributed by atoms with Gasteiger partial charge in [0.1, 0.15) is 0 Å². The van der Waals surface area contributed by atoms with Crippen LogP contribution in [0.2, 0.25) is 0 Å². The van der Waals surface area contributed by atoms with Gasteiger partial charge in [0.05, 0.1) is 0 Å². The highest BCUT2D eigenvalue weighted by atomic mass is 79.9. The van der Waals surface area contributed by atoms with Crippen molar-refractivity contribution in [2.24, 2.45) is 5.73 Å². The highest BCUT2D eigenvalue weighted by Gasteiger charge is 2.19. The first-order chi connectivity index (χ1) is 7.60. The van der Waals surface area contributed by atoms with Gasteiger partial charge in [-0.05, 0) is 48.0 Å². The summed E-state index contributed by atoms with van der Waals surface area (Å²) in [6.07, 6.45) is 4.80. The van der Waals surface area contributed by atoms with E-state index in [0.717, 1.165) is 10.9 Å². The van der Waals surface area contributed by atoms with E-state index in [2.05, 4.69) is 52.8 Å². The molecule has 0 amide bonds. The molecule has 1 rings (SSSR count). The van der Waals surface area contributed by atoms with Gasteiger partial charge in [0.15, 0.2) is 0 Å². The molecule has 0 bridgehead atoms. The normalized spacial score (nSPS) is 15.1. The van der Waals surface area contributed by atoms with Gasteiger partial charge in [0.25, 0.3) is 0 Å². The molecule has 0 radical (unpaired) electrons. The van der Waals surface area contributed by atoms with Crippen LogP contribution in [0.5, 0.6) is 0 Å². The summed E-state index contributed by atoms with van der Waals surface area (Å²) in [6.45, 7) is 5.01. The van der Waals surface area contributed by atoms with Crippen LogP contribution in [0, 0.1) is 0 Å². The summed E-state index contributed by atoms with van der Waals surface area (Å²) in [5.41, 5.74) is 7.03. The van der Waals surface area contributed by atoms with Crippen molar-refractivity contribution in [1.82, 2.24) is 9.88 Å². The maximum Gasteiger partial charge on any atom is 0.0485 e. The predicted molar refractivity (Wildman–Crippen MR) is 71.2 cm³/mol. The van der Waals surface area contributed by atoms with Crippen LogP contribution in [0.25, 0.3) is 0 Å². The van der Waals surface area contributed by atoms with Gasteiger partial charge in [-0.3, -0.25) is 9.88 Å². The third kappa shape index (κ3) is 3.27. The molecule has 0 aromatic carbocycles. The average molecular weight is 286 g/mol. The molecular formula is C12H20BrN3. The monoisotopic (exact) mass is 285 g/mol. The van der Waals surface area contributed by atoms with Crippen LogP contribution in [0.15, 0.2) is 22.9 Å². The van der Waals surface area contributed by atoms with Gasteiger partial charge in [0.2, 0.25) is 0 Å². The van der Waals surface area contributed by atoms with Crippen molar-refractivity contribution in [2.45, 2.75) is 32.4 Å². The van der Waals surface area contributed by atoms with Crippen LogP contribution in [0.1, 0.15) is 31.9 Å². The van der Waals surface area contributed by atoms with Crippen molar-refractivity contribution in [3.05, 3.63) is 28.5 Å². The summed E-state index contributed by atoms with van der Waals surface area (Å²) in [5, 5.41) is 0. The zero-order valence-corrected chi connectivity index (χ0v) is 11.7. The number of halogens is 1. The Morgan fingerprint density at radius 3 is 2.69 bits per heavy atom. The zero-order chi connectivity index (χ0) is 12.1. The Morgan fingerprint density at radius 2 is 2.19 bits per heavy atom. The number of likely N-dealkylation sites (N-methyl/N-ethyl adjacent to an activating group) is 1. The number of pyridine rings is 1. The molecule has 0 saturated carbocycles. The lowest BCUT2D eigenvalue weighted by molar-refractivity contribution is 0.184. The summed E-state index contributed by atoms with van der Waals surface area (Å²) in [5.74, 6) is 0. The molecule has 0 saturated heterocycles. The van der Waals surface area contributed by atoms with Crippen molar-refractivity contribution in [2.75, 3.05) is 13.6 Å². The number of nitrogens with two attached hydrogens (primary N) is 1. The zero-order valence-electron chi connectivity index (χ0n) is 10.2. The number of rotatable bonds is 5. The van der Waals surface area contributed by atoms with E-state index in [1.54, 1.807) is 6.20 Å². The van der Waals surface area contributed by atoms with E-state index in [9.17, 15) is 0 Å². The molecule has 0 fully saturated rings. The van der Waals surface area contributed by atoms with Crippen molar-refractivity contribution in [3.63, 3.8) is 0 Å². The van der Waals surface area contributed by atoms with Crippen molar-refractivity contribution in [3.8, 4) is 0 Å². The first-order valence-corrected chi connectivity index (χ1v) is 6.41.